The van der Waals surface area contributed by atoms with Crippen molar-refractivity contribution in [3.8, 4) is 5.69 Å². The Labute approximate surface area is 165 Å². The van der Waals surface area contributed by atoms with E-state index in [0.717, 1.165) is 10.7 Å². The number of methoxy groups -OCH3 is 1. The number of hydrogen-bond donors (Lipinski definition) is 1. The molecular formula is C19H22F3N3O4. The van der Waals surface area contributed by atoms with Gasteiger partial charge < -0.3 is 14.8 Å². The van der Waals surface area contributed by atoms with E-state index >= 15 is 0 Å². The van der Waals surface area contributed by atoms with Crippen molar-refractivity contribution in [2.75, 3.05) is 13.7 Å². The van der Waals surface area contributed by atoms with Gasteiger partial charge in [-0.15, -0.1) is 0 Å². The number of rotatable bonds is 6. The Hall–Kier alpha value is -2.88. The molecule has 1 heterocycles. The zero-order valence-electron chi connectivity index (χ0n) is 16.5. The third kappa shape index (κ3) is 6.31. The largest absolute Gasteiger partial charge is 0.465 e. The Balaban J connectivity index is 2.22. The van der Waals surface area contributed by atoms with Gasteiger partial charge in [0, 0.05) is 6.54 Å². The van der Waals surface area contributed by atoms with Gasteiger partial charge in [0.05, 0.1) is 30.6 Å². The Bertz CT molecular complexity index is 868. The lowest BCUT2D eigenvalue weighted by atomic mass is 10.2. The maximum Gasteiger partial charge on any atom is 0.435 e. The van der Waals surface area contributed by atoms with E-state index in [1.807, 2.05) is 0 Å². The van der Waals surface area contributed by atoms with Crippen LogP contribution in [0.3, 0.4) is 0 Å². The number of esters is 2. The summed E-state index contributed by atoms with van der Waals surface area (Å²) in [5.41, 5.74) is -0.965. The number of ether oxygens (including phenoxy) is 2. The highest BCUT2D eigenvalue weighted by Crippen LogP contribution is 2.29. The van der Waals surface area contributed by atoms with E-state index in [1.54, 1.807) is 20.8 Å². The Kier molecular flexibility index (Phi) is 6.68. The van der Waals surface area contributed by atoms with E-state index in [-0.39, 0.29) is 24.3 Å². The predicted octanol–water partition coefficient (Wildman–Crippen LogP) is 3.11. The summed E-state index contributed by atoms with van der Waals surface area (Å²) in [6.07, 6.45) is -4.63. The molecule has 0 aliphatic rings. The van der Waals surface area contributed by atoms with Gasteiger partial charge in [0.15, 0.2) is 5.69 Å². The Morgan fingerprint density at radius 1 is 1.14 bits per heavy atom. The van der Waals surface area contributed by atoms with Gasteiger partial charge in [-0.25, -0.2) is 9.48 Å². The lowest BCUT2D eigenvalue weighted by Gasteiger charge is -2.19. The van der Waals surface area contributed by atoms with Crippen molar-refractivity contribution in [3.63, 3.8) is 0 Å². The molecule has 2 aromatic rings. The van der Waals surface area contributed by atoms with Crippen LogP contribution in [0.15, 0.2) is 30.3 Å². The minimum absolute atomic E-state index is 0.0545. The van der Waals surface area contributed by atoms with Crippen LogP contribution in [0.25, 0.3) is 5.69 Å². The van der Waals surface area contributed by atoms with Gasteiger partial charge in [-0.1, -0.05) is 0 Å². The molecule has 1 aromatic heterocycles. The number of aromatic nitrogens is 2. The summed E-state index contributed by atoms with van der Waals surface area (Å²) in [5, 5.41) is 6.38. The minimum atomic E-state index is -4.63. The second kappa shape index (κ2) is 8.64. The molecule has 0 unspecified atom stereocenters. The van der Waals surface area contributed by atoms with Gasteiger partial charge in [-0.3, -0.25) is 4.79 Å². The number of halogens is 3. The quantitative estimate of drug-likeness (QED) is 0.733. The van der Waals surface area contributed by atoms with Gasteiger partial charge in [-0.05, 0) is 51.1 Å². The summed E-state index contributed by atoms with van der Waals surface area (Å²) in [7, 11) is 1.23. The zero-order chi connectivity index (χ0) is 21.8. The highest BCUT2D eigenvalue weighted by atomic mass is 19.4. The molecule has 158 valence electrons. The number of carbonyl (C=O) groups excluding carboxylic acids is 2. The molecule has 0 fully saturated rings. The van der Waals surface area contributed by atoms with Crippen LogP contribution in [0.4, 0.5) is 13.2 Å². The zero-order valence-corrected chi connectivity index (χ0v) is 16.5. The van der Waals surface area contributed by atoms with Crippen molar-refractivity contribution in [2.24, 2.45) is 0 Å². The van der Waals surface area contributed by atoms with Crippen molar-refractivity contribution < 1.29 is 32.2 Å². The van der Waals surface area contributed by atoms with Crippen LogP contribution in [0, 0.1) is 0 Å². The van der Waals surface area contributed by atoms with Crippen molar-refractivity contribution in [2.45, 2.75) is 39.1 Å². The molecule has 0 aliphatic carbocycles. The summed E-state index contributed by atoms with van der Waals surface area (Å²) in [5.74, 6) is -1.09. The molecular weight excluding hydrogens is 391 g/mol. The fraction of sp³-hybridized carbons (Fsp3) is 0.421. The van der Waals surface area contributed by atoms with Gasteiger partial charge in [0.1, 0.15) is 5.60 Å². The molecule has 0 bridgehead atoms. The molecule has 0 spiro atoms. The molecule has 0 radical (unpaired) electrons. The maximum atomic E-state index is 13.1. The predicted molar refractivity (Wildman–Crippen MR) is 97.5 cm³/mol. The third-order valence-electron chi connectivity index (χ3n) is 3.60. The smallest absolute Gasteiger partial charge is 0.435 e. The topological polar surface area (TPSA) is 82.5 Å². The summed E-state index contributed by atoms with van der Waals surface area (Å²) in [4.78, 5) is 23.3. The first-order valence-electron chi connectivity index (χ1n) is 8.68. The lowest BCUT2D eigenvalue weighted by molar-refractivity contribution is -0.153. The molecule has 29 heavy (non-hydrogen) atoms. The molecule has 0 saturated carbocycles. The maximum absolute atomic E-state index is 13.1. The summed E-state index contributed by atoms with van der Waals surface area (Å²) in [6.45, 7) is 4.92. The number of benzene rings is 1. The van der Waals surface area contributed by atoms with Crippen molar-refractivity contribution in [3.05, 3.63) is 47.3 Å². The molecule has 7 nitrogen and oxygen atoms in total. The van der Waals surface area contributed by atoms with E-state index in [2.05, 4.69) is 15.2 Å². The number of carbonyl (C=O) groups is 2. The first kappa shape index (κ1) is 22.4. The molecule has 10 heteroatoms. The molecule has 0 atom stereocenters. The molecule has 2 rings (SSSR count). The lowest BCUT2D eigenvalue weighted by Crippen LogP contribution is -2.31. The number of nitrogens with one attached hydrogen (secondary N) is 1. The van der Waals surface area contributed by atoms with Crippen LogP contribution in [-0.4, -0.2) is 41.0 Å². The fourth-order valence-electron chi connectivity index (χ4n) is 2.43. The first-order chi connectivity index (χ1) is 13.4. The average Bonchev–Trinajstić information content (AvgIpc) is 3.04. The van der Waals surface area contributed by atoms with Crippen molar-refractivity contribution in [1.82, 2.24) is 15.1 Å². The number of alkyl halides is 3. The molecule has 1 aromatic carbocycles. The van der Waals surface area contributed by atoms with Crippen LogP contribution in [0.1, 0.15) is 42.5 Å². The SMILES string of the molecule is COC(=O)c1ccc(-n2nc(C(F)(F)F)cc2CNCC(=O)OC(C)(C)C)cc1. The summed E-state index contributed by atoms with van der Waals surface area (Å²) >= 11 is 0. The number of hydrogen-bond acceptors (Lipinski definition) is 6. The van der Waals surface area contributed by atoms with Crippen LogP contribution < -0.4 is 5.32 Å². The molecule has 0 amide bonds. The van der Waals surface area contributed by atoms with Gasteiger partial charge in [-0.2, -0.15) is 18.3 Å². The van der Waals surface area contributed by atoms with E-state index in [0.29, 0.717) is 5.69 Å². The van der Waals surface area contributed by atoms with E-state index in [4.69, 9.17) is 4.74 Å². The molecule has 0 aliphatic heterocycles. The monoisotopic (exact) mass is 413 g/mol. The second-order valence-corrected chi connectivity index (χ2v) is 7.16. The van der Waals surface area contributed by atoms with Gasteiger partial charge >= 0.3 is 18.1 Å². The first-order valence-corrected chi connectivity index (χ1v) is 8.68. The Morgan fingerprint density at radius 3 is 2.28 bits per heavy atom. The normalized spacial score (nSPS) is 12.0. The van der Waals surface area contributed by atoms with Crippen LogP contribution in [0.5, 0.6) is 0 Å². The fourth-order valence-corrected chi connectivity index (χ4v) is 2.43. The van der Waals surface area contributed by atoms with Crippen molar-refractivity contribution >= 4 is 11.9 Å². The molecule has 0 saturated heterocycles. The highest BCUT2D eigenvalue weighted by molar-refractivity contribution is 5.89. The number of nitrogens with zero attached hydrogens (tertiary/aromatic N) is 2. The van der Waals surface area contributed by atoms with Crippen molar-refractivity contribution in [1.29, 1.82) is 0 Å². The Morgan fingerprint density at radius 2 is 1.76 bits per heavy atom. The highest BCUT2D eigenvalue weighted by Gasteiger charge is 2.35. The van der Waals surface area contributed by atoms with Crippen LogP contribution in [-0.2, 0) is 27.0 Å². The van der Waals surface area contributed by atoms with E-state index in [1.165, 1.54) is 31.4 Å². The van der Waals surface area contributed by atoms with Gasteiger partial charge in [0.2, 0.25) is 0 Å². The standard InChI is InChI=1S/C19H22F3N3O4/c1-18(2,3)29-16(26)11-23-10-14-9-15(19(20,21)22)24-25(14)13-7-5-12(6-8-13)17(27)28-4/h5-9,23H,10-11H2,1-4H3. The minimum Gasteiger partial charge on any atom is -0.465 e. The second-order valence-electron chi connectivity index (χ2n) is 7.16. The summed E-state index contributed by atoms with van der Waals surface area (Å²) < 4.78 is 50.2. The van der Waals surface area contributed by atoms with Gasteiger partial charge in [0.25, 0.3) is 0 Å². The van der Waals surface area contributed by atoms with E-state index < -0.39 is 29.4 Å². The average molecular weight is 413 g/mol. The van der Waals surface area contributed by atoms with Crippen LogP contribution >= 0.6 is 0 Å². The van der Waals surface area contributed by atoms with E-state index in [9.17, 15) is 22.8 Å². The summed E-state index contributed by atoms with van der Waals surface area (Å²) in [6, 6.07) is 6.66. The molecule has 1 N–H and O–H groups in total. The third-order valence-corrected chi connectivity index (χ3v) is 3.60. The van der Waals surface area contributed by atoms with Crippen LogP contribution in [0.2, 0.25) is 0 Å².